The normalized spacial score (nSPS) is 17.9. The van der Waals surface area contributed by atoms with Crippen molar-refractivity contribution in [1.82, 2.24) is 15.0 Å². The molecule has 0 aliphatic carbocycles. The highest BCUT2D eigenvalue weighted by molar-refractivity contribution is 7.22. The van der Waals surface area contributed by atoms with E-state index in [0.717, 1.165) is 47.6 Å². The molecule has 0 saturated carbocycles. The molecule has 7 nitrogen and oxygen atoms in total. The molecule has 0 N–H and O–H groups in total. The lowest BCUT2D eigenvalue weighted by atomic mass is 10.2. The Kier molecular flexibility index (Phi) is 7.63. The van der Waals surface area contributed by atoms with Gasteiger partial charge in [0.2, 0.25) is 0 Å². The Hall–Kier alpha value is -1.48. The lowest BCUT2D eigenvalue weighted by Crippen LogP contribution is -2.51. The highest BCUT2D eigenvalue weighted by Crippen LogP contribution is 2.32. The fourth-order valence-corrected chi connectivity index (χ4v) is 4.33. The van der Waals surface area contributed by atoms with Crippen molar-refractivity contribution < 1.29 is 14.3 Å². The van der Waals surface area contributed by atoms with Crippen molar-refractivity contribution in [1.29, 1.82) is 0 Å². The first-order valence-corrected chi connectivity index (χ1v) is 10.6. The van der Waals surface area contributed by atoms with Gasteiger partial charge in [-0.15, -0.1) is 11.3 Å². The second-order valence-corrected chi connectivity index (χ2v) is 7.84. The Bertz CT molecular complexity index is 711. The molecule has 0 radical (unpaired) electrons. The Morgan fingerprint density at radius 1 is 1.48 bits per heavy atom. The van der Waals surface area contributed by atoms with Gasteiger partial charge in [-0.05, 0) is 19.8 Å². The molecule has 1 aliphatic heterocycles. The fourth-order valence-electron chi connectivity index (χ4n) is 3.05. The van der Waals surface area contributed by atoms with Crippen LogP contribution in [-0.4, -0.2) is 59.4 Å². The summed E-state index contributed by atoms with van der Waals surface area (Å²) in [5, 5.41) is 5.64. The SMILES string of the molecule is CCOC(=O)CCCCCN(c1cc2ncncc2s1)N1CCOC(Cl)C1. The molecule has 0 aromatic carbocycles. The van der Waals surface area contributed by atoms with Crippen LogP contribution in [0.3, 0.4) is 0 Å². The van der Waals surface area contributed by atoms with Crippen molar-refractivity contribution in [3.8, 4) is 0 Å². The minimum atomic E-state index is -0.306. The molecule has 3 rings (SSSR count). The number of carbonyl (C=O) groups is 1. The fraction of sp³-hybridized carbons (Fsp3) is 0.611. The zero-order valence-electron chi connectivity index (χ0n) is 15.5. The van der Waals surface area contributed by atoms with Gasteiger partial charge in [0.25, 0.3) is 0 Å². The molecule has 0 amide bonds. The smallest absolute Gasteiger partial charge is 0.305 e. The number of halogens is 1. The molecule has 2 aromatic heterocycles. The van der Waals surface area contributed by atoms with Gasteiger partial charge in [-0.2, -0.15) is 0 Å². The van der Waals surface area contributed by atoms with E-state index in [-0.39, 0.29) is 11.5 Å². The molecule has 1 atom stereocenters. The van der Waals surface area contributed by atoms with Gasteiger partial charge in [-0.1, -0.05) is 18.0 Å². The summed E-state index contributed by atoms with van der Waals surface area (Å²) in [5.74, 6) is -0.115. The highest BCUT2D eigenvalue weighted by atomic mass is 35.5. The van der Waals surface area contributed by atoms with E-state index in [9.17, 15) is 4.79 Å². The van der Waals surface area contributed by atoms with Crippen LogP contribution in [0.15, 0.2) is 18.6 Å². The molecule has 27 heavy (non-hydrogen) atoms. The Morgan fingerprint density at radius 2 is 2.37 bits per heavy atom. The van der Waals surface area contributed by atoms with Crippen molar-refractivity contribution in [3.63, 3.8) is 0 Å². The van der Waals surface area contributed by atoms with Gasteiger partial charge in [0.05, 0.1) is 30.0 Å². The number of aromatic nitrogens is 2. The Morgan fingerprint density at radius 3 is 3.15 bits per heavy atom. The van der Waals surface area contributed by atoms with E-state index in [0.29, 0.717) is 26.2 Å². The molecule has 1 aliphatic rings. The molecular weight excluding hydrogens is 388 g/mol. The molecule has 1 unspecified atom stereocenters. The summed E-state index contributed by atoms with van der Waals surface area (Å²) in [6, 6.07) is 2.10. The number of esters is 1. The number of hydrogen-bond acceptors (Lipinski definition) is 8. The molecule has 148 valence electrons. The average Bonchev–Trinajstić information content (AvgIpc) is 3.08. The number of nitrogens with zero attached hydrogens (tertiary/aromatic N) is 4. The van der Waals surface area contributed by atoms with Gasteiger partial charge in [-0.3, -0.25) is 9.80 Å². The van der Waals surface area contributed by atoms with Gasteiger partial charge in [0.15, 0.2) is 0 Å². The average molecular weight is 413 g/mol. The Balaban J connectivity index is 1.62. The first-order valence-electron chi connectivity index (χ1n) is 9.30. The third kappa shape index (κ3) is 5.75. The van der Waals surface area contributed by atoms with Crippen LogP contribution in [0.2, 0.25) is 0 Å². The van der Waals surface area contributed by atoms with Gasteiger partial charge in [-0.25, -0.2) is 15.0 Å². The summed E-state index contributed by atoms with van der Waals surface area (Å²) in [6.07, 6.45) is 6.68. The summed E-state index contributed by atoms with van der Waals surface area (Å²) < 4.78 is 11.5. The first-order chi connectivity index (χ1) is 13.2. The second-order valence-electron chi connectivity index (χ2n) is 6.29. The predicted molar refractivity (Wildman–Crippen MR) is 107 cm³/mol. The number of rotatable bonds is 9. The van der Waals surface area contributed by atoms with Crippen molar-refractivity contribution in [2.75, 3.05) is 37.9 Å². The van der Waals surface area contributed by atoms with E-state index >= 15 is 0 Å². The molecule has 1 saturated heterocycles. The lowest BCUT2D eigenvalue weighted by Gasteiger charge is -2.39. The number of hydrazine groups is 1. The van der Waals surface area contributed by atoms with Crippen molar-refractivity contribution >= 4 is 44.1 Å². The molecule has 3 heterocycles. The largest absolute Gasteiger partial charge is 0.466 e. The number of unbranched alkanes of at least 4 members (excludes halogenated alkanes) is 2. The molecule has 9 heteroatoms. The molecule has 1 fully saturated rings. The van der Waals surface area contributed by atoms with E-state index in [1.807, 2.05) is 13.1 Å². The number of alkyl halides is 1. The van der Waals surface area contributed by atoms with Crippen LogP contribution in [0.1, 0.15) is 32.6 Å². The van der Waals surface area contributed by atoms with Gasteiger partial charge in [0.1, 0.15) is 16.9 Å². The summed E-state index contributed by atoms with van der Waals surface area (Å²) in [6.45, 7) is 5.18. The quantitative estimate of drug-likeness (QED) is 0.355. The maximum absolute atomic E-state index is 11.5. The standard InChI is InChI=1S/C18H25ClN4O3S/c1-2-25-18(24)6-4-3-5-7-23(22-8-9-26-16(19)12-22)17-10-14-15(27-17)11-20-13-21-14/h10-11,13,16H,2-9,12H2,1H3. The summed E-state index contributed by atoms with van der Waals surface area (Å²) in [4.78, 5) is 19.9. The minimum Gasteiger partial charge on any atom is -0.466 e. The van der Waals surface area contributed by atoms with Gasteiger partial charge < -0.3 is 9.47 Å². The first kappa shape index (κ1) is 20.3. The predicted octanol–water partition coefficient (Wildman–Crippen LogP) is 3.43. The number of carbonyl (C=O) groups excluding carboxylic acids is 1. The second kappa shape index (κ2) is 10.2. The van der Waals surface area contributed by atoms with Crippen molar-refractivity contribution in [2.24, 2.45) is 0 Å². The van der Waals surface area contributed by atoms with Crippen molar-refractivity contribution in [2.45, 2.75) is 38.2 Å². The zero-order valence-corrected chi connectivity index (χ0v) is 17.0. The summed E-state index contributed by atoms with van der Waals surface area (Å²) in [5.41, 5.74) is 0.646. The third-order valence-electron chi connectivity index (χ3n) is 4.34. The lowest BCUT2D eigenvalue weighted by molar-refractivity contribution is -0.143. The van der Waals surface area contributed by atoms with Gasteiger partial charge >= 0.3 is 5.97 Å². The molecular formula is C18H25ClN4O3S. The molecule has 0 bridgehead atoms. The topological polar surface area (TPSA) is 67.8 Å². The van der Waals surface area contributed by atoms with Crippen LogP contribution in [0.5, 0.6) is 0 Å². The summed E-state index contributed by atoms with van der Waals surface area (Å²) in [7, 11) is 0. The number of thiophene rings is 1. The monoisotopic (exact) mass is 412 g/mol. The Labute approximate surface area is 168 Å². The number of ether oxygens (including phenoxy) is 2. The number of anilines is 1. The van der Waals surface area contributed by atoms with Crippen LogP contribution < -0.4 is 5.01 Å². The minimum absolute atomic E-state index is 0.115. The zero-order chi connectivity index (χ0) is 19.1. The van der Waals surface area contributed by atoms with E-state index < -0.39 is 0 Å². The number of hydrogen-bond donors (Lipinski definition) is 0. The van der Waals surface area contributed by atoms with Crippen LogP contribution in [0, 0.1) is 0 Å². The maximum atomic E-state index is 11.5. The van der Waals surface area contributed by atoms with E-state index in [2.05, 4.69) is 26.1 Å². The molecule has 2 aromatic rings. The highest BCUT2D eigenvalue weighted by Gasteiger charge is 2.25. The van der Waals surface area contributed by atoms with Gasteiger partial charge in [0, 0.05) is 31.8 Å². The van der Waals surface area contributed by atoms with Crippen LogP contribution in [0.25, 0.3) is 10.2 Å². The van der Waals surface area contributed by atoms with E-state index in [1.165, 1.54) is 0 Å². The van der Waals surface area contributed by atoms with Crippen molar-refractivity contribution in [3.05, 3.63) is 18.6 Å². The summed E-state index contributed by atoms with van der Waals surface area (Å²) >= 11 is 7.89. The molecule has 0 spiro atoms. The van der Waals surface area contributed by atoms with Crippen LogP contribution in [0.4, 0.5) is 5.00 Å². The number of fused-ring (bicyclic) bond motifs is 1. The number of morpholine rings is 1. The van der Waals surface area contributed by atoms with Crippen LogP contribution >= 0.6 is 22.9 Å². The third-order valence-corrected chi connectivity index (χ3v) is 5.67. The maximum Gasteiger partial charge on any atom is 0.305 e. The van der Waals surface area contributed by atoms with E-state index in [1.54, 1.807) is 17.7 Å². The van der Waals surface area contributed by atoms with E-state index in [4.69, 9.17) is 21.1 Å². The van der Waals surface area contributed by atoms with Crippen LogP contribution in [-0.2, 0) is 14.3 Å².